The van der Waals surface area contributed by atoms with Gasteiger partial charge in [0.2, 0.25) is 0 Å². The Hall–Kier alpha value is -1.38. The lowest BCUT2D eigenvalue weighted by molar-refractivity contribution is -0.136. The van der Waals surface area contributed by atoms with Crippen LogP contribution in [0.1, 0.15) is 31.0 Å². The Bertz CT molecular complexity index is 308. The summed E-state index contributed by atoms with van der Waals surface area (Å²) in [6.07, 6.45) is 1.66. The lowest BCUT2D eigenvalue weighted by Gasteiger charge is -2.05. The van der Waals surface area contributed by atoms with Gasteiger partial charge in [0.05, 0.1) is 12.1 Å². The molecule has 1 aromatic heterocycles. The van der Waals surface area contributed by atoms with E-state index < -0.39 is 5.97 Å². The third kappa shape index (κ3) is 2.86. The van der Waals surface area contributed by atoms with E-state index in [9.17, 15) is 4.79 Å². The molecule has 3 heteroatoms. The van der Waals surface area contributed by atoms with Crippen LogP contribution in [0.15, 0.2) is 18.3 Å². The van der Waals surface area contributed by atoms with Gasteiger partial charge in [0.15, 0.2) is 0 Å². The number of rotatable bonds is 3. The Labute approximate surface area is 77.4 Å². The summed E-state index contributed by atoms with van der Waals surface area (Å²) in [7, 11) is 0. The Balaban J connectivity index is 2.85. The number of hydrogen-bond donors (Lipinski definition) is 1. The molecule has 0 amide bonds. The van der Waals surface area contributed by atoms with Gasteiger partial charge >= 0.3 is 5.97 Å². The number of carboxylic acids is 1. The fourth-order valence-electron chi connectivity index (χ4n) is 1.11. The summed E-state index contributed by atoms with van der Waals surface area (Å²) in [5.41, 5.74) is 1.75. The maximum atomic E-state index is 10.4. The molecule has 0 saturated heterocycles. The number of nitrogens with zero attached hydrogens (tertiary/aromatic N) is 1. The summed E-state index contributed by atoms with van der Waals surface area (Å²) in [6.45, 7) is 4.14. The zero-order chi connectivity index (χ0) is 9.84. The van der Waals surface area contributed by atoms with E-state index in [-0.39, 0.29) is 6.42 Å². The van der Waals surface area contributed by atoms with Gasteiger partial charge in [-0.15, -0.1) is 0 Å². The fraction of sp³-hybridized carbons (Fsp3) is 0.400. The van der Waals surface area contributed by atoms with Gasteiger partial charge in [-0.1, -0.05) is 13.8 Å². The second kappa shape index (κ2) is 4.03. The average Bonchev–Trinajstić information content (AvgIpc) is 2.03. The van der Waals surface area contributed by atoms with Crippen LogP contribution < -0.4 is 0 Å². The number of hydrogen-bond acceptors (Lipinski definition) is 2. The number of pyridine rings is 1. The van der Waals surface area contributed by atoms with E-state index in [0.717, 1.165) is 5.56 Å². The second-order valence-corrected chi connectivity index (χ2v) is 3.31. The minimum Gasteiger partial charge on any atom is -0.481 e. The van der Waals surface area contributed by atoms with Gasteiger partial charge in [-0.25, -0.2) is 0 Å². The van der Waals surface area contributed by atoms with Crippen molar-refractivity contribution in [2.45, 2.75) is 26.2 Å². The average molecular weight is 179 g/mol. The maximum absolute atomic E-state index is 10.4. The van der Waals surface area contributed by atoms with Crippen LogP contribution in [0, 0.1) is 0 Å². The number of carboxylic acid groups (broad SMARTS) is 1. The quantitative estimate of drug-likeness (QED) is 0.770. The smallest absolute Gasteiger partial charge is 0.309 e. The van der Waals surface area contributed by atoms with Gasteiger partial charge in [0.25, 0.3) is 0 Å². The van der Waals surface area contributed by atoms with E-state index >= 15 is 0 Å². The van der Waals surface area contributed by atoms with E-state index in [1.54, 1.807) is 6.20 Å². The lowest BCUT2D eigenvalue weighted by Crippen LogP contribution is -2.03. The Morgan fingerprint density at radius 1 is 1.62 bits per heavy atom. The highest BCUT2D eigenvalue weighted by Crippen LogP contribution is 2.13. The number of aromatic nitrogens is 1. The lowest BCUT2D eigenvalue weighted by atomic mass is 10.0. The number of aliphatic carboxylic acids is 1. The third-order valence-electron chi connectivity index (χ3n) is 1.84. The second-order valence-electron chi connectivity index (χ2n) is 3.31. The third-order valence-corrected chi connectivity index (χ3v) is 1.84. The number of carbonyl (C=O) groups is 1. The van der Waals surface area contributed by atoms with E-state index in [2.05, 4.69) is 18.8 Å². The SMILES string of the molecule is CC(C)c1ccnc(CC(=O)O)c1. The van der Waals surface area contributed by atoms with Crippen LogP contribution in [0.3, 0.4) is 0 Å². The molecule has 0 aliphatic carbocycles. The molecular weight excluding hydrogens is 166 g/mol. The molecule has 0 bridgehead atoms. The van der Waals surface area contributed by atoms with Crippen LogP contribution >= 0.6 is 0 Å². The van der Waals surface area contributed by atoms with Gasteiger partial charge in [-0.2, -0.15) is 0 Å². The molecule has 0 radical (unpaired) electrons. The Kier molecular flexibility index (Phi) is 3.01. The first-order chi connectivity index (χ1) is 6.09. The van der Waals surface area contributed by atoms with Gasteiger partial charge in [0.1, 0.15) is 0 Å². The standard InChI is InChI=1S/C10H13NO2/c1-7(2)8-3-4-11-9(5-8)6-10(12)13/h3-5,7H,6H2,1-2H3,(H,12,13). The van der Waals surface area contributed by atoms with E-state index in [1.807, 2.05) is 12.1 Å². The van der Waals surface area contributed by atoms with Crippen molar-refractivity contribution in [3.8, 4) is 0 Å². The summed E-state index contributed by atoms with van der Waals surface area (Å²) in [4.78, 5) is 14.4. The van der Waals surface area contributed by atoms with Crippen molar-refractivity contribution in [1.29, 1.82) is 0 Å². The molecule has 0 unspecified atom stereocenters. The summed E-state index contributed by atoms with van der Waals surface area (Å²) in [5.74, 6) is -0.427. The first-order valence-electron chi connectivity index (χ1n) is 4.26. The highest BCUT2D eigenvalue weighted by Gasteiger charge is 2.04. The summed E-state index contributed by atoms with van der Waals surface area (Å²) in [5, 5.41) is 8.56. The van der Waals surface area contributed by atoms with Gasteiger partial charge in [-0.05, 0) is 23.6 Å². The normalized spacial score (nSPS) is 10.4. The summed E-state index contributed by atoms with van der Waals surface area (Å²) in [6, 6.07) is 3.76. The van der Waals surface area contributed by atoms with Crippen molar-refractivity contribution in [2.24, 2.45) is 0 Å². The van der Waals surface area contributed by atoms with Gasteiger partial charge < -0.3 is 5.11 Å². The molecule has 0 aliphatic heterocycles. The molecule has 3 nitrogen and oxygen atoms in total. The highest BCUT2D eigenvalue weighted by atomic mass is 16.4. The van der Waals surface area contributed by atoms with E-state index in [1.165, 1.54) is 0 Å². The summed E-state index contributed by atoms with van der Waals surface area (Å²) < 4.78 is 0. The molecule has 70 valence electrons. The molecule has 1 aromatic rings. The molecule has 1 rings (SSSR count). The van der Waals surface area contributed by atoms with Gasteiger partial charge in [-0.3, -0.25) is 9.78 Å². The first kappa shape index (κ1) is 9.71. The molecule has 13 heavy (non-hydrogen) atoms. The molecule has 0 aliphatic rings. The van der Waals surface area contributed by atoms with Crippen molar-refractivity contribution in [1.82, 2.24) is 4.98 Å². The van der Waals surface area contributed by atoms with Crippen LogP contribution in [0.2, 0.25) is 0 Å². The van der Waals surface area contributed by atoms with E-state index in [0.29, 0.717) is 11.6 Å². The molecule has 1 heterocycles. The predicted molar refractivity (Wildman–Crippen MR) is 49.7 cm³/mol. The zero-order valence-electron chi connectivity index (χ0n) is 7.82. The topological polar surface area (TPSA) is 50.2 Å². The van der Waals surface area contributed by atoms with Crippen LogP contribution in [0.25, 0.3) is 0 Å². The fourth-order valence-corrected chi connectivity index (χ4v) is 1.11. The Morgan fingerprint density at radius 3 is 2.85 bits per heavy atom. The van der Waals surface area contributed by atoms with Crippen molar-refractivity contribution < 1.29 is 9.90 Å². The zero-order valence-corrected chi connectivity index (χ0v) is 7.82. The van der Waals surface area contributed by atoms with Crippen LogP contribution in [0.4, 0.5) is 0 Å². The molecule has 1 N–H and O–H groups in total. The van der Waals surface area contributed by atoms with Crippen molar-refractivity contribution >= 4 is 5.97 Å². The minimum absolute atomic E-state index is 0.000556. The van der Waals surface area contributed by atoms with Crippen molar-refractivity contribution in [2.75, 3.05) is 0 Å². The first-order valence-corrected chi connectivity index (χ1v) is 4.26. The molecule has 0 saturated carbocycles. The van der Waals surface area contributed by atoms with Crippen LogP contribution in [0.5, 0.6) is 0 Å². The Morgan fingerprint density at radius 2 is 2.31 bits per heavy atom. The van der Waals surface area contributed by atoms with Crippen molar-refractivity contribution in [3.63, 3.8) is 0 Å². The largest absolute Gasteiger partial charge is 0.481 e. The molecule has 0 atom stereocenters. The van der Waals surface area contributed by atoms with Gasteiger partial charge in [0, 0.05) is 6.20 Å². The summed E-state index contributed by atoms with van der Waals surface area (Å²) >= 11 is 0. The highest BCUT2D eigenvalue weighted by molar-refractivity contribution is 5.69. The monoisotopic (exact) mass is 179 g/mol. The maximum Gasteiger partial charge on any atom is 0.309 e. The van der Waals surface area contributed by atoms with E-state index in [4.69, 9.17) is 5.11 Å². The molecular formula is C10H13NO2. The van der Waals surface area contributed by atoms with Crippen LogP contribution in [-0.4, -0.2) is 16.1 Å². The van der Waals surface area contributed by atoms with Crippen molar-refractivity contribution in [3.05, 3.63) is 29.6 Å². The van der Waals surface area contributed by atoms with Crippen LogP contribution in [-0.2, 0) is 11.2 Å². The molecule has 0 spiro atoms. The minimum atomic E-state index is -0.839. The molecule has 0 fully saturated rings. The molecule has 0 aromatic carbocycles. The predicted octanol–water partition coefficient (Wildman–Crippen LogP) is 1.83.